The number of likely N-dealkylation sites (N-methyl/N-ethyl adjacent to an activating group) is 1. The summed E-state index contributed by atoms with van der Waals surface area (Å²) in [5, 5.41) is 3.00. The fraction of sp³-hybridized carbons (Fsp3) is 0.929. The first-order valence-corrected chi connectivity index (χ1v) is 7.40. The first-order chi connectivity index (χ1) is 9.06. The van der Waals surface area contributed by atoms with Crippen LogP contribution in [0.3, 0.4) is 0 Å². The minimum atomic E-state index is 0.0338. The van der Waals surface area contributed by atoms with Gasteiger partial charge in [0.1, 0.15) is 0 Å². The van der Waals surface area contributed by atoms with Gasteiger partial charge in [-0.1, -0.05) is 13.3 Å². The number of unbranched alkanes of at least 4 members (excludes halogenated alkanes) is 1. The Morgan fingerprint density at radius 1 is 1.42 bits per heavy atom. The molecule has 1 aliphatic rings. The zero-order valence-electron chi connectivity index (χ0n) is 12.8. The van der Waals surface area contributed by atoms with E-state index in [9.17, 15) is 4.79 Å². The van der Waals surface area contributed by atoms with Crippen LogP contribution in [0.4, 0.5) is 4.79 Å². The molecule has 1 rings (SSSR count). The highest BCUT2D eigenvalue weighted by Crippen LogP contribution is 2.13. The van der Waals surface area contributed by atoms with E-state index in [0.717, 1.165) is 13.1 Å². The highest BCUT2D eigenvalue weighted by Gasteiger charge is 2.28. The number of urea groups is 1. The summed E-state index contributed by atoms with van der Waals surface area (Å²) in [7, 11) is 2.10. The lowest BCUT2D eigenvalue weighted by Gasteiger charge is -2.37. The van der Waals surface area contributed by atoms with E-state index in [2.05, 4.69) is 24.2 Å². The molecule has 1 N–H and O–H groups in total. The molecule has 0 radical (unpaired) electrons. The van der Waals surface area contributed by atoms with Crippen molar-refractivity contribution in [1.29, 1.82) is 0 Å². The Kier molecular flexibility index (Phi) is 7.16. The van der Waals surface area contributed by atoms with Crippen molar-refractivity contribution in [3.8, 4) is 0 Å². The van der Waals surface area contributed by atoms with Crippen LogP contribution in [0, 0.1) is 0 Å². The lowest BCUT2D eigenvalue weighted by Crippen LogP contribution is -2.55. The van der Waals surface area contributed by atoms with Crippen LogP contribution in [0.25, 0.3) is 0 Å². The van der Waals surface area contributed by atoms with Gasteiger partial charge in [0.15, 0.2) is 0 Å². The van der Waals surface area contributed by atoms with Gasteiger partial charge in [-0.25, -0.2) is 4.79 Å². The predicted molar refractivity (Wildman–Crippen MR) is 77.4 cm³/mol. The van der Waals surface area contributed by atoms with E-state index in [0.29, 0.717) is 19.7 Å². The fourth-order valence-electron chi connectivity index (χ4n) is 2.21. The van der Waals surface area contributed by atoms with Crippen LogP contribution in [0.15, 0.2) is 0 Å². The van der Waals surface area contributed by atoms with Crippen LogP contribution < -0.4 is 5.32 Å². The van der Waals surface area contributed by atoms with E-state index in [1.54, 1.807) is 0 Å². The summed E-state index contributed by atoms with van der Waals surface area (Å²) in [5.74, 6) is 0. The molecule has 2 atom stereocenters. The minimum Gasteiger partial charge on any atom is -0.375 e. The third-order valence-electron chi connectivity index (χ3n) is 3.81. The van der Waals surface area contributed by atoms with Crippen LogP contribution >= 0.6 is 0 Å². The van der Waals surface area contributed by atoms with Crippen molar-refractivity contribution in [1.82, 2.24) is 15.1 Å². The van der Waals surface area contributed by atoms with E-state index in [-0.39, 0.29) is 18.2 Å². The lowest BCUT2D eigenvalue weighted by atomic mass is 10.1. The number of carbonyl (C=O) groups excluding carboxylic acids is 1. The van der Waals surface area contributed by atoms with Gasteiger partial charge in [-0.3, -0.25) is 0 Å². The monoisotopic (exact) mass is 271 g/mol. The van der Waals surface area contributed by atoms with Crippen molar-refractivity contribution in [2.75, 3.05) is 39.8 Å². The Morgan fingerprint density at radius 2 is 2.16 bits per heavy atom. The van der Waals surface area contributed by atoms with Gasteiger partial charge in [-0.2, -0.15) is 0 Å². The van der Waals surface area contributed by atoms with E-state index < -0.39 is 0 Å². The summed E-state index contributed by atoms with van der Waals surface area (Å²) in [6, 6.07) is 0.179. The van der Waals surface area contributed by atoms with Crippen LogP contribution in [-0.4, -0.2) is 67.8 Å². The van der Waals surface area contributed by atoms with Crippen LogP contribution in [0.2, 0.25) is 0 Å². The van der Waals surface area contributed by atoms with Crippen molar-refractivity contribution in [3.63, 3.8) is 0 Å². The average molecular weight is 271 g/mol. The zero-order valence-corrected chi connectivity index (χ0v) is 12.8. The van der Waals surface area contributed by atoms with Crippen molar-refractivity contribution in [2.24, 2.45) is 0 Å². The highest BCUT2D eigenvalue weighted by molar-refractivity contribution is 5.74. The second-order valence-electron chi connectivity index (χ2n) is 5.40. The van der Waals surface area contributed by atoms with Gasteiger partial charge in [0, 0.05) is 19.6 Å². The zero-order chi connectivity index (χ0) is 14.3. The van der Waals surface area contributed by atoms with Crippen molar-refractivity contribution < 1.29 is 9.53 Å². The smallest absolute Gasteiger partial charge is 0.317 e. The second-order valence-corrected chi connectivity index (χ2v) is 5.40. The normalized spacial score (nSPS) is 23.7. The maximum Gasteiger partial charge on any atom is 0.317 e. The molecular formula is C14H29N3O2. The molecule has 0 spiro atoms. The van der Waals surface area contributed by atoms with E-state index in [4.69, 9.17) is 4.74 Å². The van der Waals surface area contributed by atoms with Crippen molar-refractivity contribution >= 4 is 6.03 Å². The topological polar surface area (TPSA) is 44.8 Å². The summed E-state index contributed by atoms with van der Waals surface area (Å²) in [5.41, 5.74) is 0. The molecule has 1 fully saturated rings. The number of rotatable bonds is 6. The number of nitrogens with one attached hydrogen (secondary N) is 1. The highest BCUT2D eigenvalue weighted by atomic mass is 16.5. The third-order valence-corrected chi connectivity index (χ3v) is 3.81. The van der Waals surface area contributed by atoms with Crippen LogP contribution in [0.1, 0.15) is 33.6 Å². The summed E-state index contributed by atoms with van der Waals surface area (Å²) >= 11 is 0. The van der Waals surface area contributed by atoms with Gasteiger partial charge in [0.25, 0.3) is 0 Å². The van der Waals surface area contributed by atoms with E-state index in [1.165, 1.54) is 12.8 Å². The molecule has 0 unspecified atom stereocenters. The number of morpholine rings is 1. The molecule has 1 heterocycles. The molecule has 5 heteroatoms. The molecule has 1 aliphatic heterocycles. The second kappa shape index (κ2) is 8.38. The van der Waals surface area contributed by atoms with Gasteiger partial charge < -0.3 is 19.9 Å². The molecule has 2 amide bonds. The average Bonchev–Trinajstić information content (AvgIpc) is 2.39. The summed E-state index contributed by atoms with van der Waals surface area (Å²) < 4.78 is 5.53. The predicted octanol–water partition coefficient (Wildman–Crippen LogP) is 1.54. The van der Waals surface area contributed by atoms with Crippen molar-refractivity contribution in [3.05, 3.63) is 0 Å². The van der Waals surface area contributed by atoms with Crippen LogP contribution in [-0.2, 0) is 4.74 Å². The molecule has 5 nitrogen and oxygen atoms in total. The maximum atomic E-state index is 12.1. The number of hydrogen-bond donors (Lipinski definition) is 1. The van der Waals surface area contributed by atoms with E-state index >= 15 is 0 Å². The molecule has 0 aromatic rings. The Morgan fingerprint density at radius 3 is 2.84 bits per heavy atom. The quantitative estimate of drug-likeness (QED) is 0.797. The summed E-state index contributed by atoms with van der Waals surface area (Å²) in [4.78, 5) is 16.2. The van der Waals surface area contributed by atoms with Crippen molar-refractivity contribution in [2.45, 2.75) is 45.8 Å². The Hall–Kier alpha value is -0.810. The summed E-state index contributed by atoms with van der Waals surface area (Å²) in [6.07, 6.45) is 2.54. The molecule has 0 aromatic carbocycles. The molecule has 0 aliphatic carbocycles. The number of ether oxygens (including phenoxy) is 1. The number of amides is 2. The Balaban J connectivity index is 2.23. The minimum absolute atomic E-state index is 0.0338. The first kappa shape index (κ1) is 16.2. The fourth-order valence-corrected chi connectivity index (χ4v) is 2.21. The largest absolute Gasteiger partial charge is 0.375 e. The SMILES string of the molecule is CCCCN(C)CCNC(=O)N1CCO[C@H](C)[C@@H]1C. The van der Waals surface area contributed by atoms with Gasteiger partial charge in [0.2, 0.25) is 0 Å². The standard InChI is InChI=1S/C14H29N3O2/c1-5-6-8-16(4)9-7-15-14(18)17-10-11-19-13(3)12(17)2/h12-13H,5-11H2,1-4H3,(H,15,18)/t12-,13+/m0/s1. The third kappa shape index (κ3) is 5.37. The molecule has 0 aromatic heterocycles. The number of hydrogen-bond acceptors (Lipinski definition) is 3. The van der Waals surface area contributed by atoms with E-state index in [1.807, 2.05) is 18.7 Å². The molecule has 0 saturated carbocycles. The van der Waals surface area contributed by atoms with Gasteiger partial charge in [-0.05, 0) is 33.9 Å². The maximum absolute atomic E-state index is 12.1. The molecule has 1 saturated heterocycles. The Labute approximate surface area is 117 Å². The van der Waals surface area contributed by atoms with Gasteiger partial charge in [-0.15, -0.1) is 0 Å². The lowest BCUT2D eigenvalue weighted by molar-refractivity contribution is -0.0376. The molecule has 112 valence electrons. The molecular weight excluding hydrogens is 242 g/mol. The Bertz CT molecular complexity index is 273. The van der Waals surface area contributed by atoms with Gasteiger partial charge in [0.05, 0.1) is 18.8 Å². The van der Waals surface area contributed by atoms with Crippen LogP contribution in [0.5, 0.6) is 0 Å². The summed E-state index contributed by atoms with van der Waals surface area (Å²) in [6.45, 7) is 10.3. The molecule has 0 bridgehead atoms. The molecule has 19 heavy (non-hydrogen) atoms. The number of carbonyl (C=O) groups is 1. The number of nitrogens with zero attached hydrogens (tertiary/aromatic N) is 2. The van der Waals surface area contributed by atoms with Gasteiger partial charge >= 0.3 is 6.03 Å². The first-order valence-electron chi connectivity index (χ1n) is 7.40.